The number of anilines is 1. The molecule has 2 aromatic rings. The maximum Gasteiger partial charge on any atom is 0.274 e. The van der Waals surface area contributed by atoms with Crippen LogP contribution in [-0.4, -0.2) is 52.8 Å². The SMILES string of the molecule is C/C=C(\c1nc(C(=O)N(C)CCN(C(C)=O)c2cccc(F)c2F)c(CC)n1/C=C(\C)CC(C)C)C(F)F. The average Bonchev–Trinajstić information content (AvgIpc) is 3.18. The van der Waals surface area contributed by atoms with Gasteiger partial charge in [0.2, 0.25) is 5.91 Å². The van der Waals surface area contributed by atoms with Gasteiger partial charge in [-0.3, -0.25) is 9.59 Å². The van der Waals surface area contributed by atoms with Crippen LogP contribution in [0.3, 0.4) is 0 Å². The van der Waals surface area contributed by atoms with Crippen molar-refractivity contribution in [2.45, 2.75) is 60.8 Å². The molecule has 0 saturated carbocycles. The number of nitrogens with zero attached hydrogens (tertiary/aromatic N) is 4. The number of carbonyl (C=O) groups excluding carboxylic acids is 2. The minimum absolute atomic E-state index is 0.00796. The fourth-order valence-electron chi connectivity index (χ4n) is 4.27. The van der Waals surface area contributed by atoms with Crippen molar-refractivity contribution in [2.24, 2.45) is 5.92 Å². The summed E-state index contributed by atoms with van der Waals surface area (Å²) in [7, 11) is 1.48. The lowest BCUT2D eigenvalue weighted by atomic mass is 10.1. The molecule has 0 bridgehead atoms. The molecule has 0 spiro atoms. The lowest BCUT2D eigenvalue weighted by molar-refractivity contribution is -0.116. The number of imidazole rings is 1. The van der Waals surface area contributed by atoms with Crippen LogP contribution in [0.4, 0.5) is 23.2 Å². The molecule has 10 heteroatoms. The Bertz CT molecular complexity index is 1220. The summed E-state index contributed by atoms with van der Waals surface area (Å²) < 4.78 is 57.4. The van der Waals surface area contributed by atoms with Crippen LogP contribution >= 0.6 is 0 Å². The standard InChI is InChI=1S/C28H36F4N4O2/c1-8-20(26(31)32)27-33-25(22(9-2)36(27)16-18(5)15-17(3)4)28(38)34(7)13-14-35(19(6)37)23-12-10-11-21(29)24(23)30/h8,10-12,16-17,26H,9,13-15H2,1-7H3/b18-16+,20-8-. The van der Waals surface area contributed by atoms with Gasteiger partial charge in [-0.25, -0.2) is 22.5 Å². The zero-order valence-electron chi connectivity index (χ0n) is 23.0. The molecule has 0 N–H and O–H groups in total. The minimum Gasteiger partial charge on any atom is -0.339 e. The number of carbonyl (C=O) groups is 2. The molecule has 1 heterocycles. The quantitative estimate of drug-likeness (QED) is 0.311. The Kier molecular flexibility index (Phi) is 10.9. The number of hydrogen-bond acceptors (Lipinski definition) is 3. The van der Waals surface area contributed by atoms with Gasteiger partial charge in [-0.15, -0.1) is 0 Å². The van der Waals surface area contributed by atoms with Crippen LogP contribution in [0.5, 0.6) is 0 Å². The van der Waals surface area contributed by atoms with Crippen molar-refractivity contribution < 1.29 is 27.2 Å². The molecule has 0 fully saturated rings. The monoisotopic (exact) mass is 536 g/mol. The predicted molar refractivity (Wildman–Crippen MR) is 142 cm³/mol. The number of alkyl halides is 2. The van der Waals surface area contributed by atoms with Crippen LogP contribution < -0.4 is 4.90 Å². The van der Waals surface area contributed by atoms with Crippen LogP contribution in [0.2, 0.25) is 0 Å². The maximum atomic E-state index is 14.3. The molecule has 0 atom stereocenters. The fraction of sp³-hybridized carbons (Fsp3) is 0.464. The number of allylic oxidation sites excluding steroid dienone is 3. The number of benzene rings is 1. The second kappa shape index (κ2) is 13.4. The van der Waals surface area contributed by atoms with E-state index in [1.165, 1.54) is 44.0 Å². The average molecular weight is 537 g/mol. The van der Waals surface area contributed by atoms with E-state index in [0.717, 1.165) is 23.0 Å². The third-order valence-electron chi connectivity index (χ3n) is 6.04. The molecule has 0 aliphatic heterocycles. The lowest BCUT2D eigenvalue weighted by Crippen LogP contribution is -2.39. The molecular weight excluding hydrogens is 500 g/mol. The van der Waals surface area contributed by atoms with E-state index < -0.39 is 29.9 Å². The first-order valence-electron chi connectivity index (χ1n) is 12.5. The Morgan fingerprint density at radius 2 is 1.79 bits per heavy atom. The van der Waals surface area contributed by atoms with Crippen LogP contribution in [0, 0.1) is 17.6 Å². The van der Waals surface area contributed by atoms with Gasteiger partial charge in [0, 0.05) is 33.3 Å². The number of likely N-dealkylation sites (N-methyl/N-ethyl adjacent to an activating group) is 1. The minimum atomic E-state index is -2.80. The second-order valence-corrected chi connectivity index (χ2v) is 9.54. The van der Waals surface area contributed by atoms with Gasteiger partial charge in [-0.2, -0.15) is 0 Å². The van der Waals surface area contributed by atoms with E-state index in [1.807, 2.05) is 27.7 Å². The Morgan fingerprint density at radius 1 is 1.13 bits per heavy atom. The Balaban J connectivity index is 2.46. The first kappa shape index (κ1) is 30.8. The highest BCUT2D eigenvalue weighted by Crippen LogP contribution is 2.27. The number of rotatable bonds is 11. The maximum absolute atomic E-state index is 14.3. The summed E-state index contributed by atoms with van der Waals surface area (Å²) in [5, 5.41) is 0. The smallest absolute Gasteiger partial charge is 0.274 e. The van der Waals surface area contributed by atoms with E-state index in [9.17, 15) is 27.2 Å². The summed E-state index contributed by atoms with van der Waals surface area (Å²) in [5.41, 5.74) is 0.906. The van der Waals surface area contributed by atoms with Crippen molar-refractivity contribution in [1.29, 1.82) is 0 Å². The molecule has 0 saturated heterocycles. The molecule has 1 aromatic carbocycles. The van der Waals surface area contributed by atoms with E-state index in [4.69, 9.17) is 0 Å². The highest BCUT2D eigenvalue weighted by molar-refractivity contribution is 5.95. The molecule has 208 valence electrons. The van der Waals surface area contributed by atoms with Crippen LogP contribution in [0.1, 0.15) is 70.0 Å². The number of amides is 2. The van der Waals surface area contributed by atoms with Crippen molar-refractivity contribution in [3.05, 3.63) is 58.7 Å². The molecule has 2 amide bonds. The van der Waals surface area contributed by atoms with Gasteiger partial charge >= 0.3 is 0 Å². The highest BCUT2D eigenvalue weighted by atomic mass is 19.3. The largest absolute Gasteiger partial charge is 0.339 e. The van der Waals surface area contributed by atoms with Crippen LogP contribution in [0.15, 0.2) is 29.8 Å². The van der Waals surface area contributed by atoms with E-state index in [-0.39, 0.29) is 35.9 Å². The number of aromatic nitrogens is 2. The van der Waals surface area contributed by atoms with E-state index >= 15 is 0 Å². The van der Waals surface area contributed by atoms with Crippen LogP contribution in [-0.2, 0) is 11.2 Å². The van der Waals surface area contributed by atoms with Gasteiger partial charge < -0.3 is 14.4 Å². The van der Waals surface area contributed by atoms with Crippen molar-refractivity contribution >= 4 is 29.3 Å². The fourth-order valence-corrected chi connectivity index (χ4v) is 4.27. The number of hydrogen-bond donors (Lipinski definition) is 0. The summed E-state index contributed by atoms with van der Waals surface area (Å²) in [6.45, 7) is 10.4. The third-order valence-corrected chi connectivity index (χ3v) is 6.04. The third kappa shape index (κ3) is 7.11. The molecule has 0 radical (unpaired) electrons. The van der Waals surface area contributed by atoms with Gasteiger partial charge in [0.15, 0.2) is 17.3 Å². The molecule has 0 unspecified atom stereocenters. The van der Waals surface area contributed by atoms with Crippen molar-refractivity contribution in [2.75, 3.05) is 25.0 Å². The Morgan fingerprint density at radius 3 is 2.32 bits per heavy atom. The first-order chi connectivity index (χ1) is 17.8. The van der Waals surface area contributed by atoms with Gasteiger partial charge in [0.25, 0.3) is 12.3 Å². The molecule has 0 aliphatic carbocycles. The van der Waals surface area contributed by atoms with Crippen molar-refractivity contribution in [1.82, 2.24) is 14.5 Å². The highest BCUT2D eigenvalue weighted by Gasteiger charge is 2.28. The topological polar surface area (TPSA) is 58.4 Å². The molecular formula is C28H36F4N4O2. The molecule has 0 aliphatic rings. The summed E-state index contributed by atoms with van der Waals surface area (Å²) in [4.78, 5) is 32.3. The normalized spacial score (nSPS) is 12.4. The van der Waals surface area contributed by atoms with Gasteiger partial charge in [-0.05, 0) is 44.7 Å². The van der Waals surface area contributed by atoms with Gasteiger partial charge in [-0.1, -0.05) is 38.5 Å². The van der Waals surface area contributed by atoms with Crippen molar-refractivity contribution in [3.63, 3.8) is 0 Å². The number of halogens is 4. The molecule has 38 heavy (non-hydrogen) atoms. The summed E-state index contributed by atoms with van der Waals surface area (Å²) in [6, 6.07) is 3.51. The zero-order chi connectivity index (χ0) is 28.7. The summed E-state index contributed by atoms with van der Waals surface area (Å²) >= 11 is 0. The van der Waals surface area contributed by atoms with Gasteiger partial charge in [0.1, 0.15) is 5.82 Å². The summed E-state index contributed by atoms with van der Waals surface area (Å²) in [6.07, 6.45) is 1.32. The Hall–Kier alpha value is -3.43. The molecule has 6 nitrogen and oxygen atoms in total. The second-order valence-electron chi connectivity index (χ2n) is 9.54. The van der Waals surface area contributed by atoms with E-state index in [2.05, 4.69) is 4.98 Å². The van der Waals surface area contributed by atoms with E-state index in [1.54, 1.807) is 10.8 Å². The molecule has 1 aromatic heterocycles. The van der Waals surface area contributed by atoms with Crippen LogP contribution in [0.25, 0.3) is 11.8 Å². The summed E-state index contributed by atoms with van der Waals surface area (Å²) in [5.74, 6) is -2.99. The lowest BCUT2D eigenvalue weighted by Gasteiger charge is -2.25. The Labute approximate surface area is 221 Å². The van der Waals surface area contributed by atoms with Gasteiger partial charge in [0.05, 0.1) is 17.0 Å². The van der Waals surface area contributed by atoms with E-state index in [0.29, 0.717) is 18.0 Å². The first-order valence-corrected chi connectivity index (χ1v) is 12.5. The predicted octanol–water partition coefficient (Wildman–Crippen LogP) is 6.42. The van der Waals surface area contributed by atoms with Crippen molar-refractivity contribution in [3.8, 4) is 0 Å². The molecule has 2 rings (SSSR count). The zero-order valence-corrected chi connectivity index (χ0v) is 23.0.